The number of nitrogens with zero attached hydrogens (tertiary/aromatic N) is 1. The van der Waals surface area contributed by atoms with Gasteiger partial charge in [-0.05, 0) is 23.8 Å². The lowest BCUT2D eigenvalue weighted by Gasteiger charge is -2.17. The molecule has 0 aliphatic carbocycles. The molecule has 2 rings (SSSR count). The van der Waals surface area contributed by atoms with Crippen molar-refractivity contribution in [3.63, 3.8) is 0 Å². The third-order valence-corrected chi connectivity index (χ3v) is 3.33. The minimum absolute atomic E-state index is 0.0915. The molecule has 0 radical (unpaired) electrons. The average Bonchev–Trinajstić information content (AvgIpc) is 2.37. The van der Waals surface area contributed by atoms with Gasteiger partial charge in [0, 0.05) is 28.9 Å². The molecule has 0 spiro atoms. The maximum Gasteiger partial charge on any atom is 0.416 e. The Labute approximate surface area is 122 Å². The number of benzene rings is 1. The van der Waals surface area contributed by atoms with E-state index in [2.05, 4.69) is 20.9 Å². The SMILES string of the molecule is OC(Cc1cccc(Br)c1)c1cnccc1C(F)(F)F. The Kier molecular flexibility index (Phi) is 4.45. The molecule has 1 aromatic heterocycles. The lowest BCUT2D eigenvalue weighted by molar-refractivity contribution is -0.139. The van der Waals surface area contributed by atoms with Crippen LogP contribution in [0.15, 0.2) is 47.2 Å². The Balaban J connectivity index is 2.28. The van der Waals surface area contributed by atoms with E-state index in [1.807, 2.05) is 0 Å². The van der Waals surface area contributed by atoms with Gasteiger partial charge in [0.25, 0.3) is 0 Å². The molecular formula is C14H11BrF3NO. The van der Waals surface area contributed by atoms with Crippen LogP contribution in [-0.4, -0.2) is 10.1 Å². The molecule has 20 heavy (non-hydrogen) atoms. The van der Waals surface area contributed by atoms with Crippen LogP contribution in [0.2, 0.25) is 0 Å². The van der Waals surface area contributed by atoms with Crippen LogP contribution in [0.25, 0.3) is 0 Å². The summed E-state index contributed by atoms with van der Waals surface area (Å²) in [6.45, 7) is 0. The maximum absolute atomic E-state index is 12.9. The van der Waals surface area contributed by atoms with Crippen LogP contribution in [0.4, 0.5) is 13.2 Å². The maximum atomic E-state index is 12.9. The number of pyridine rings is 1. The monoisotopic (exact) mass is 345 g/mol. The number of aromatic nitrogens is 1. The van der Waals surface area contributed by atoms with Crippen LogP contribution in [0.3, 0.4) is 0 Å². The lowest BCUT2D eigenvalue weighted by atomic mass is 9.99. The molecule has 106 valence electrons. The molecule has 0 amide bonds. The predicted molar refractivity (Wildman–Crippen MR) is 72.0 cm³/mol. The van der Waals surface area contributed by atoms with Crippen LogP contribution in [0.5, 0.6) is 0 Å². The van der Waals surface area contributed by atoms with E-state index in [0.29, 0.717) is 0 Å². The topological polar surface area (TPSA) is 33.1 Å². The van der Waals surface area contributed by atoms with Crippen molar-refractivity contribution >= 4 is 15.9 Å². The molecule has 6 heteroatoms. The quantitative estimate of drug-likeness (QED) is 0.906. The summed E-state index contributed by atoms with van der Waals surface area (Å²) in [6.07, 6.45) is -3.54. The van der Waals surface area contributed by atoms with E-state index in [9.17, 15) is 18.3 Å². The van der Waals surface area contributed by atoms with E-state index >= 15 is 0 Å². The van der Waals surface area contributed by atoms with Gasteiger partial charge in [-0.1, -0.05) is 28.1 Å². The first-order chi connectivity index (χ1) is 9.38. The number of aliphatic hydroxyl groups excluding tert-OH is 1. The highest BCUT2D eigenvalue weighted by Crippen LogP contribution is 2.35. The zero-order valence-electron chi connectivity index (χ0n) is 10.2. The fourth-order valence-electron chi connectivity index (χ4n) is 1.93. The summed E-state index contributed by atoms with van der Waals surface area (Å²) >= 11 is 3.28. The van der Waals surface area contributed by atoms with Crippen LogP contribution >= 0.6 is 15.9 Å². The van der Waals surface area contributed by atoms with E-state index in [1.165, 1.54) is 0 Å². The van der Waals surface area contributed by atoms with Crippen molar-refractivity contribution in [2.75, 3.05) is 0 Å². The van der Waals surface area contributed by atoms with E-state index in [-0.39, 0.29) is 12.0 Å². The second kappa shape index (κ2) is 5.93. The number of alkyl halides is 3. The summed E-state index contributed by atoms with van der Waals surface area (Å²) in [5, 5.41) is 10.1. The van der Waals surface area contributed by atoms with Gasteiger partial charge >= 0.3 is 6.18 Å². The Morgan fingerprint density at radius 1 is 1.25 bits per heavy atom. The van der Waals surface area contributed by atoms with Crippen LogP contribution in [0.1, 0.15) is 22.8 Å². The van der Waals surface area contributed by atoms with Gasteiger partial charge in [0.1, 0.15) is 0 Å². The number of hydrogen-bond acceptors (Lipinski definition) is 2. The molecule has 1 heterocycles. The van der Waals surface area contributed by atoms with Gasteiger partial charge < -0.3 is 5.11 Å². The highest BCUT2D eigenvalue weighted by molar-refractivity contribution is 9.10. The van der Waals surface area contributed by atoms with E-state index < -0.39 is 17.8 Å². The van der Waals surface area contributed by atoms with Crippen LogP contribution in [0, 0.1) is 0 Å². The van der Waals surface area contributed by atoms with E-state index in [0.717, 1.165) is 28.5 Å². The first-order valence-electron chi connectivity index (χ1n) is 5.81. The molecule has 0 bridgehead atoms. The van der Waals surface area contributed by atoms with Crippen molar-refractivity contribution < 1.29 is 18.3 Å². The Bertz CT molecular complexity index is 601. The number of hydrogen-bond donors (Lipinski definition) is 1. The molecule has 0 saturated carbocycles. The molecule has 0 fully saturated rings. The van der Waals surface area contributed by atoms with Crippen molar-refractivity contribution in [2.24, 2.45) is 0 Å². The Hall–Kier alpha value is -1.40. The molecule has 0 saturated heterocycles. The molecule has 1 atom stereocenters. The van der Waals surface area contributed by atoms with Gasteiger partial charge in [-0.2, -0.15) is 13.2 Å². The standard InChI is InChI=1S/C14H11BrF3NO/c15-10-3-1-2-9(6-10)7-13(20)11-8-19-5-4-12(11)14(16,17)18/h1-6,8,13,20H,7H2. The fourth-order valence-corrected chi connectivity index (χ4v) is 2.37. The first kappa shape index (κ1) is 15.0. The predicted octanol–water partition coefficient (Wildman–Crippen LogP) is 4.14. The summed E-state index contributed by atoms with van der Waals surface area (Å²) in [5.74, 6) is 0. The second-order valence-corrected chi connectivity index (χ2v) is 5.23. The zero-order chi connectivity index (χ0) is 14.8. The zero-order valence-corrected chi connectivity index (χ0v) is 11.8. The van der Waals surface area contributed by atoms with E-state index in [1.54, 1.807) is 24.3 Å². The number of halogens is 4. The van der Waals surface area contributed by atoms with Crippen molar-refractivity contribution in [1.82, 2.24) is 4.98 Å². The van der Waals surface area contributed by atoms with Crippen molar-refractivity contribution in [3.8, 4) is 0 Å². The van der Waals surface area contributed by atoms with Gasteiger partial charge in [-0.25, -0.2) is 0 Å². The minimum Gasteiger partial charge on any atom is -0.388 e. The van der Waals surface area contributed by atoms with Gasteiger partial charge in [-0.15, -0.1) is 0 Å². The summed E-state index contributed by atoms with van der Waals surface area (Å²) in [5.41, 5.74) is -0.321. The van der Waals surface area contributed by atoms with E-state index in [4.69, 9.17) is 0 Å². The van der Waals surface area contributed by atoms with Crippen LogP contribution < -0.4 is 0 Å². The highest BCUT2D eigenvalue weighted by Gasteiger charge is 2.34. The third-order valence-electron chi connectivity index (χ3n) is 2.83. The third kappa shape index (κ3) is 3.58. The summed E-state index contributed by atoms with van der Waals surface area (Å²) in [4.78, 5) is 3.67. The fraction of sp³-hybridized carbons (Fsp3) is 0.214. The summed E-state index contributed by atoms with van der Waals surface area (Å²) in [6, 6.07) is 7.95. The lowest BCUT2D eigenvalue weighted by Crippen LogP contribution is -2.13. The normalized spacial score (nSPS) is 13.2. The number of rotatable bonds is 3. The molecular weight excluding hydrogens is 335 g/mol. The van der Waals surface area contributed by atoms with Gasteiger partial charge in [0.15, 0.2) is 0 Å². The molecule has 1 N–H and O–H groups in total. The summed E-state index contributed by atoms with van der Waals surface area (Å²) < 4.78 is 39.4. The van der Waals surface area contributed by atoms with Crippen molar-refractivity contribution in [3.05, 3.63) is 63.9 Å². The van der Waals surface area contributed by atoms with Gasteiger partial charge in [0.05, 0.1) is 11.7 Å². The summed E-state index contributed by atoms with van der Waals surface area (Å²) in [7, 11) is 0. The molecule has 2 nitrogen and oxygen atoms in total. The van der Waals surface area contributed by atoms with Gasteiger partial charge in [0.2, 0.25) is 0 Å². The average molecular weight is 346 g/mol. The largest absolute Gasteiger partial charge is 0.416 e. The Morgan fingerprint density at radius 2 is 2.00 bits per heavy atom. The second-order valence-electron chi connectivity index (χ2n) is 4.31. The molecule has 1 unspecified atom stereocenters. The van der Waals surface area contributed by atoms with Crippen molar-refractivity contribution in [1.29, 1.82) is 0 Å². The Morgan fingerprint density at radius 3 is 2.65 bits per heavy atom. The highest BCUT2D eigenvalue weighted by atomic mass is 79.9. The molecule has 0 aliphatic heterocycles. The molecule has 2 aromatic rings. The molecule has 1 aromatic carbocycles. The van der Waals surface area contributed by atoms with Gasteiger partial charge in [-0.3, -0.25) is 4.98 Å². The first-order valence-corrected chi connectivity index (χ1v) is 6.61. The minimum atomic E-state index is -4.50. The van der Waals surface area contributed by atoms with Crippen molar-refractivity contribution in [2.45, 2.75) is 18.7 Å². The molecule has 0 aliphatic rings. The smallest absolute Gasteiger partial charge is 0.388 e. The number of aliphatic hydroxyl groups is 1. The van der Waals surface area contributed by atoms with Crippen LogP contribution in [-0.2, 0) is 12.6 Å².